The molecule has 4 heterocycles. The highest BCUT2D eigenvalue weighted by Crippen LogP contribution is 2.54. The Balaban J connectivity index is 1.64. The molecular formula is C45H48N2O19. The molecule has 0 aliphatic carbocycles. The van der Waals surface area contributed by atoms with Crippen molar-refractivity contribution >= 4 is 73.9 Å². The molecule has 2 aliphatic heterocycles. The fraction of sp³-hybridized carbons (Fsp3) is 0.444. The normalized spacial score (nSPS) is 33.2. The van der Waals surface area contributed by atoms with Gasteiger partial charge < -0.3 is 59.5 Å². The molecule has 21 heteroatoms. The monoisotopic (exact) mass is 920 g/mol. The smallest absolute Gasteiger partial charge is 0.207 e. The van der Waals surface area contributed by atoms with Gasteiger partial charge in [0.15, 0.2) is 75.7 Å². The molecule has 0 spiro atoms. The first-order chi connectivity index (χ1) is 30.4. The number of rotatable bonds is 14. The Morgan fingerprint density at radius 3 is 1.02 bits per heavy atom. The molecular weight excluding hydrogens is 872 g/mol. The van der Waals surface area contributed by atoms with E-state index in [0.29, 0.717) is 41.5 Å². The number of fused-ring (bicyclic) bond motifs is 2. The zero-order chi connectivity index (χ0) is 49.8. The minimum absolute atomic E-state index is 0.00690. The summed E-state index contributed by atoms with van der Waals surface area (Å²) in [5, 5.41) is 95.2. The molecule has 352 valence electrons. The summed E-state index contributed by atoms with van der Waals surface area (Å²) in [4.78, 5) is 121. The second-order valence-corrected chi connectivity index (χ2v) is 17.0. The van der Waals surface area contributed by atoms with Gasteiger partial charge in [-0.05, 0) is 67.5 Å². The van der Waals surface area contributed by atoms with E-state index in [4.69, 9.17) is 9.47 Å². The van der Waals surface area contributed by atoms with Crippen molar-refractivity contribution in [3.05, 3.63) is 72.1 Å². The van der Waals surface area contributed by atoms with Crippen LogP contribution in [-0.2, 0) is 47.8 Å². The molecule has 66 heavy (non-hydrogen) atoms. The van der Waals surface area contributed by atoms with Crippen molar-refractivity contribution in [2.24, 2.45) is 0 Å². The lowest BCUT2D eigenvalue weighted by Crippen LogP contribution is -2.85. The van der Waals surface area contributed by atoms with Gasteiger partial charge in [0.05, 0.1) is 11.0 Å². The van der Waals surface area contributed by atoms with Gasteiger partial charge in [0, 0.05) is 34.3 Å². The number of nitrogens with zero attached hydrogens (tertiary/aromatic N) is 2. The van der Waals surface area contributed by atoms with Gasteiger partial charge in [-0.3, -0.25) is 43.2 Å². The summed E-state index contributed by atoms with van der Waals surface area (Å²) in [5.41, 5.74) is -23.1. The maximum absolute atomic E-state index is 15.1. The van der Waals surface area contributed by atoms with Crippen molar-refractivity contribution in [3.8, 4) is 0 Å². The molecule has 0 saturated carbocycles. The molecule has 4 aromatic rings. The van der Waals surface area contributed by atoms with Gasteiger partial charge >= 0.3 is 0 Å². The molecule has 0 amide bonds. The van der Waals surface area contributed by atoms with Crippen LogP contribution in [0.15, 0.2) is 60.9 Å². The average Bonchev–Trinajstić information content (AvgIpc) is 3.83. The number of benzene rings is 2. The number of para-hydroxylation sites is 2. The van der Waals surface area contributed by atoms with Crippen LogP contribution in [0, 0.1) is 0 Å². The lowest BCUT2D eigenvalue weighted by Gasteiger charge is -2.58. The predicted octanol–water partition coefficient (Wildman–Crippen LogP) is -1.56. The number of carbonyl (C=O) groups excluding carboxylic acids is 9. The molecule has 2 saturated heterocycles. The van der Waals surface area contributed by atoms with E-state index in [1.54, 1.807) is 0 Å². The molecule has 21 nitrogen and oxygen atoms in total. The Labute approximate surface area is 373 Å². The Morgan fingerprint density at radius 2 is 0.758 bits per heavy atom. The highest BCUT2D eigenvalue weighted by atomic mass is 16.6. The molecule has 6 rings (SSSR count). The number of carbonyl (C=O) groups is 9. The summed E-state index contributed by atoms with van der Waals surface area (Å²) in [6, 6.07) is 11.2. The van der Waals surface area contributed by atoms with E-state index in [1.165, 1.54) is 48.5 Å². The molecule has 2 aromatic heterocycles. The van der Waals surface area contributed by atoms with Gasteiger partial charge in [-0.15, -0.1) is 0 Å². The molecule has 0 bridgehead atoms. The lowest BCUT2D eigenvalue weighted by molar-refractivity contribution is -0.341. The van der Waals surface area contributed by atoms with Gasteiger partial charge in [0.2, 0.25) is 22.4 Å². The lowest BCUT2D eigenvalue weighted by atomic mass is 9.59. The van der Waals surface area contributed by atoms with E-state index >= 15 is 4.79 Å². The summed E-state index contributed by atoms with van der Waals surface area (Å²) >= 11 is 0. The second-order valence-electron chi connectivity index (χ2n) is 17.0. The molecule has 8 N–H and O–H groups in total. The van der Waals surface area contributed by atoms with E-state index in [-0.39, 0.29) is 32.9 Å². The summed E-state index contributed by atoms with van der Waals surface area (Å²) in [5.74, 6) is -12.3. The zero-order valence-corrected chi connectivity index (χ0v) is 36.7. The minimum Gasteiger partial charge on any atom is -0.382 e. The Kier molecular flexibility index (Phi) is 12.2. The summed E-state index contributed by atoms with van der Waals surface area (Å²) in [6.45, 7) is 5.60. The fourth-order valence-electron chi connectivity index (χ4n) is 9.73. The summed E-state index contributed by atoms with van der Waals surface area (Å²) < 4.78 is 13.6. The van der Waals surface area contributed by atoms with Crippen molar-refractivity contribution in [1.82, 2.24) is 9.13 Å². The van der Waals surface area contributed by atoms with Gasteiger partial charge in [-0.1, -0.05) is 36.4 Å². The Hall–Kier alpha value is -5.85. The molecule has 2 aliphatic rings. The highest BCUT2D eigenvalue weighted by Gasteiger charge is 2.81. The van der Waals surface area contributed by atoms with Crippen LogP contribution in [0.5, 0.6) is 0 Å². The van der Waals surface area contributed by atoms with E-state index < -0.39 is 123 Å². The number of hydrogen-bond donors (Lipinski definition) is 8. The number of aromatic nitrogens is 2. The van der Waals surface area contributed by atoms with Crippen molar-refractivity contribution in [1.29, 1.82) is 0 Å². The van der Waals surface area contributed by atoms with Gasteiger partial charge in [-0.25, -0.2) is 0 Å². The largest absolute Gasteiger partial charge is 0.382 e. The van der Waals surface area contributed by atoms with Crippen molar-refractivity contribution in [3.63, 3.8) is 0 Å². The van der Waals surface area contributed by atoms with E-state index in [0.717, 1.165) is 35.4 Å². The number of ketones is 9. The third kappa shape index (κ3) is 6.12. The quantitative estimate of drug-likeness (QED) is 0.0663. The minimum atomic E-state index is -3.84. The number of Topliss-reactive ketones (excluding diaryl/α,β-unsaturated/α-hetero) is 8. The standard InChI is InChI=1S/C45H48N2O19/c1-19(48)33(56)36-40(59,21(3)50)44(63,25(7)54)42(61,23(5)52)38(65-36)46-17-29(27-13-9-11-15-31(27)46)35(58)30-18-47(32-16-12-10-14-28(30)32)39-43(62,24(6)53)45(64,26(8)55)41(60,22(4)51)37(66-39)34(57)20(2)49/h9-18,33-34,36-39,56-57,59-64H,1-8H3/t33?,34?,36-,37-,38-,39-,40-,41-,42+,43+,44+,45+/m1/s1. The van der Waals surface area contributed by atoms with E-state index in [1.807, 2.05) is 0 Å². The maximum Gasteiger partial charge on any atom is 0.207 e. The summed E-state index contributed by atoms with van der Waals surface area (Å²) in [7, 11) is 0. The van der Waals surface area contributed by atoms with Gasteiger partial charge in [0.25, 0.3) is 0 Å². The van der Waals surface area contributed by atoms with E-state index in [2.05, 4.69) is 0 Å². The third-order valence-electron chi connectivity index (χ3n) is 13.3. The first-order valence-corrected chi connectivity index (χ1v) is 20.2. The zero-order valence-electron chi connectivity index (χ0n) is 36.7. The van der Waals surface area contributed by atoms with Crippen LogP contribution < -0.4 is 0 Å². The van der Waals surface area contributed by atoms with Crippen molar-refractivity contribution < 1.29 is 93.5 Å². The third-order valence-corrected chi connectivity index (χ3v) is 13.3. The number of aliphatic hydroxyl groups excluding tert-OH is 2. The number of ether oxygens (including phenoxy) is 2. The molecule has 0 radical (unpaired) electrons. The Morgan fingerprint density at radius 1 is 0.470 bits per heavy atom. The number of hydrogen-bond acceptors (Lipinski definition) is 19. The van der Waals surface area contributed by atoms with Crippen LogP contribution in [0.25, 0.3) is 21.8 Å². The maximum atomic E-state index is 15.1. The fourth-order valence-corrected chi connectivity index (χ4v) is 9.73. The summed E-state index contributed by atoms with van der Waals surface area (Å²) in [6.07, 6.45) is -12.9. The molecule has 2 fully saturated rings. The van der Waals surface area contributed by atoms with E-state index in [9.17, 15) is 79.2 Å². The Bertz CT molecular complexity index is 2620. The van der Waals surface area contributed by atoms with Crippen LogP contribution >= 0.6 is 0 Å². The van der Waals surface area contributed by atoms with Crippen LogP contribution in [0.3, 0.4) is 0 Å². The van der Waals surface area contributed by atoms with Crippen LogP contribution in [0.1, 0.15) is 83.8 Å². The van der Waals surface area contributed by atoms with Crippen molar-refractivity contribution in [2.75, 3.05) is 0 Å². The van der Waals surface area contributed by atoms with Crippen molar-refractivity contribution in [2.45, 2.75) is 126 Å². The predicted molar refractivity (Wildman–Crippen MR) is 222 cm³/mol. The van der Waals surface area contributed by atoms with Crippen LogP contribution in [0.2, 0.25) is 0 Å². The average molecular weight is 921 g/mol. The second kappa shape index (κ2) is 16.2. The molecule has 2 unspecified atom stereocenters. The molecule has 12 atom stereocenters. The first kappa shape index (κ1) is 49.6. The topological polar surface area (TPSA) is 344 Å². The SMILES string of the molecule is CC(=O)C(O)[C@H]1O[C@@H](n2cc(C(=O)c3cn([C@@H]4O[C@H](C(O)C(C)=O)[C@](O)(C(C)=O)[C@@](O)(C(C)=O)[C@]4(O)C(C)=O)c4ccccc34)c3ccccc32)[C@@](O)(C(C)=O)[C@](O)(C(C)=O)[C@@]1(O)C(C)=O. The number of aliphatic hydroxyl groups is 8. The van der Waals surface area contributed by atoms with Gasteiger partial charge in [-0.2, -0.15) is 0 Å². The first-order valence-electron chi connectivity index (χ1n) is 20.2. The molecule has 2 aromatic carbocycles. The highest BCUT2D eigenvalue weighted by molar-refractivity contribution is 6.21. The van der Waals surface area contributed by atoms with Crippen LogP contribution in [-0.4, -0.2) is 160 Å². The van der Waals surface area contributed by atoms with Crippen LogP contribution in [0.4, 0.5) is 0 Å². The van der Waals surface area contributed by atoms with Gasteiger partial charge in [0.1, 0.15) is 24.4 Å².